The molecule has 0 radical (unpaired) electrons. The van der Waals surface area contributed by atoms with Gasteiger partial charge in [0.1, 0.15) is 16.3 Å². The lowest BCUT2D eigenvalue weighted by atomic mass is 10.2. The Bertz CT molecular complexity index is 1530. The van der Waals surface area contributed by atoms with Crippen LogP contribution < -0.4 is 11.2 Å². The Morgan fingerprint density at radius 3 is 2.30 bits per heavy atom. The fourth-order valence-electron chi connectivity index (χ4n) is 3.61. The Labute approximate surface area is 172 Å². The maximum atomic E-state index is 14.4. The molecule has 0 saturated carbocycles. The molecular formula is C23H14F2N2O2S. The summed E-state index contributed by atoms with van der Waals surface area (Å²) in [5.74, 6) is -0.905. The molecule has 0 N–H and O–H groups in total. The van der Waals surface area contributed by atoms with Crippen LogP contribution in [0.2, 0.25) is 0 Å². The molecule has 0 aliphatic rings. The van der Waals surface area contributed by atoms with Crippen LogP contribution >= 0.6 is 11.3 Å². The van der Waals surface area contributed by atoms with Gasteiger partial charge >= 0.3 is 5.69 Å². The van der Waals surface area contributed by atoms with Crippen LogP contribution in [0.4, 0.5) is 8.78 Å². The van der Waals surface area contributed by atoms with Crippen molar-refractivity contribution in [2.24, 2.45) is 0 Å². The van der Waals surface area contributed by atoms with Gasteiger partial charge in [0.25, 0.3) is 5.56 Å². The van der Waals surface area contributed by atoms with Gasteiger partial charge in [-0.2, -0.15) is 0 Å². The standard InChI is InChI=1S/C23H14F2N2O2S/c24-15-9-11-16(12-10-15)27-22(28)21-20(17-6-2-4-8-19(17)30-21)26(23(27)29)13-14-5-1-3-7-18(14)25/h1-12H,13H2. The fraction of sp³-hybridized carbons (Fsp3) is 0.0435. The summed E-state index contributed by atoms with van der Waals surface area (Å²) in [4.78, 5) is 26.7. The molecule has 0 saturated heterocycles. The zero-order chi connectivity index (χ0) is 20.8. The average molecular weight is 420 g/mol. The first-order chi connectivity index (χ1) is 14.5. The molecule has 2 heterocycles. The van der Waals surface area contributed by atoms with E-state index in [0.717, 1.165) is 14.7 Å². The molecule has 0 atom stereocenters. The van der Waals surface area contributed by atoms with E-state index in [9.17, 15) is 18.4 Å². The van der Waals surface area contributed by atoms with Crippen molar-refractivity contribution < 1.29 is 8.78 Å². The van der Waals surface area contributed by atoms with Crippen LogP contribution in [0.5, 0.6) is 0 Å². The maximum Gasteiger partial charge on any atom is 0.336 e. The highest BCUT2D eigenvalue weighted by molar-refractivity contribution is 7.25. The van der Waals surface area contributed by atoms with E-state index >= 15 is 0 Å². The first kappa shape index (κ1) is 18.4. The number of fused-ring (bicyclic) bond motifs is 3. The van der Waals surface area contributed by atoms with Gasteiger partial charge in [-0.05, 0) is 36.4 Å². The third-order valence-corrected chi connectivity index (χ3v) is 6.18. The second-order valence-electron chi connectivity index (χ2n) is 6.85. The normalized spacial score (nSPS) is 11.4. The van der Waals surface area contributed by atoms with Gasteiger partial charge in [-0.25, -0.2) is 18.1 Å². The first-order valence-electron chi connectivity index (χ1n) is 9.21. The summed E-state index contributed by atoms with van der Waals surface area (Å²) in [6, 6.07) is 18.8. The smallest absolute Gasteiger partial charge is 0.287 e. The van der Waals surface area contributed by atoms with Crippen LogP contribution in [0.3, 0.4) is 0 Å². The molecule has 0 aliphatic carbocycles. The molecule has 5 aromatic rings. The van der Waals surface area contributed by atoms with Gasteiger partial charge in [0.2, 0.25) is 0 Å². The van der Waals surface area contributed by atoms with Crippen molar-refractivity contribution >= 4 is 31.6 Å². The lowest BCUT2D eigenvalue weighted by Gasteiger charge is -2.13. The summed E-state index contributed by atoms with van der Waals surface area (Å²) >= 11 is 1.28. The molecular weight excluding hydrogens is 406 g/mol. The van der Waals surface area contributed by atoms with E-state index in [2.05, 4.69) is 0 Å². The van der Waals surface area contributed by atoms with Crippen molar-refractivity contribution in [3.8, 4) is 5.69 Å². The molecule has 4 nitrogen and oxygen atoms in total. The van der Waals surface area contributed by atoms with Gasteiger partial charge in [-0.3, -0.25) is 9.36 Å². The number of nitrogens with zero attached hydrogens (tertiary/aromatic N) is 2. The maximum absolute atomic E-state index is 14.4. The summed E-state index contributed by atoms with van der Waals surface area (Å²) in [6.07, 6.45) is 0. The summed E-state index contributed by atoms with van der Waals surface area (Å²) < 4.78 is 31.4. The Morgan fingerprint density at radius 1 is 0.833 bits per heavy atom. The Kier molecular flexibility index (Phi) is 4.33. The molecule has 0 bridgehead atoms. The number of aromatic nitrogens is 2. The quantitative estimate of drug-likeness (QED) is 0.425. The van der Waals surface area contributed by atoms with Crippen molar-refractivity contribution in [2.75, 3.05) is 0 Å². The summed E-state index contributed by atoms with van der Waals surface area (Å²) in [6.45, 7) is -0.0375. The SMILES string of the molecule is O=c1c2sc3ccccc3c2n(Cc2ccccc2F)c(=O)n1-c1ccc(F)cc1. The monoisotopic (exact) mass is 420 g/mol. The van der Waals surface area contributed by atoms with Crippen molar-refractivity contribution in [3.05, 3.63) is 111 Å². The van der Waals surface area contributed by atoms with Crippen LogP contribution in [0.15, 0.2) is 82.4 Å². The Hall–Kier alpha value is -3.58. The van der Waals surface area contributed by atoms with Crippen molar-refractivity contribution in [2.45, 2.75) is 6.54 Å². The van der Waals surface area contributed by atoms with Gasteiger partial charge in [-0.15, -0.1) is 11.3 Å². The molecule has 30 heavy (non-hydrogen) atoms. The second kappa shape index (κ2) is 7.03. The fourth-order valence-corrected chi connectivity index (χ4v) is 4.75. The van der Waals surface area contributed by atoms with Gasteiger partial charge in [0.15, 0.2) is 0 Å². The van der Waals surface area contributed by atoms with E-state index in [-0.39, 0.29) is 12.2 Å². The zero-order valence-electron chi connectivity index (χ0n) is 15.5. The molecule has 148 valence electrons. The molecule has 0 spiro atoms. The lowest BCUT2D eigenvalue weighted by molar-refractivity contribution is 0.594. The minimum absolute atomic E-state index is 0.0375. The Morgan fingerprint density at radius 2 is 1.53 bits per heavy atom. The highest BCUT2D eigenvalue weighted by Crippen LogP contribution is 2.31. The Balaban J connectivity index is 1.90. The number of halogens is 2. The number of rotatable bonds is 3. The van der Waals surface area contributed by atoms with E-state index in [4.69, 9.17) is 0 Å². The van der Waals surface area contributed by atoms with E-state index in [0.29, 0.717) is 15.8 Å². The zero-order valence-corrected chi connectivity index (χ0v) is 16.3. The topological polar surface area (TPSA) is 44.0 Å². The molecule has 3 aromatic carbocycles. The average Bonchev–Trinajstić information content (AvgIpc) is 3.14. The second-order valence-corrected chi connectivity index (χ2v) is 7.91. The molecule has 0 unspecified atom stereocenters. The molecule has 0 fully saturated rings. The van der Waals surface area contributed by atoms with E-state index < -0.39 is 22.9 Å². The molecule has 0 amide bonds. The first-order valence-corrected chi connectivity index (χ1v) is 10.0. The lowest BCUT2D eigenvalue weighted by Crippen LogP contribution is -2.38. The third-order valence-electron chi connectivity index (χ3n) is 5.03. The molecule has 2 aromatic heterocycles. The van der Waals surface area contributed by atoms with Crippen molar-refractivity contribution in [3.63, 3.8) is 0 Å². The number of hydrogen-bond acceptors (Lipinski definition) is 3. The highest BCUT2D eigenvalue weighted by Gasteiger charge is 2.20. The van der Waals surface area contributed by atoms with E-state index in [1.165, 1.54) is 46.2 Å². The predicted octanol–water partition coefficient (Wildman–Crippen LogP) is 4.69. The summed E-state index contributed by atoms with van der Waals surface area (Å²) in [7, 11) is 0. The van der Waals surface area contributed by atoms with Crippen LogP contribution in [-0.2, 0) is 6.54 Å². The molecule has 5 rings (SSSR count). The summed E-state index contributed by atoms with van der Waals surface area (Å²) in [5.41, 5.74) is -0.0146. The van der Waals surface area contributed by atoms with E-state index in [1.807, 2.05) is 24.3 Å². The largest absolute Gasteiger partial charge is 0.336 e. The van der Waals surface area contributed by atoms with Crippen molar-refractivity contribution in [1.82, 2.24) is 9.13 Å². The third kappa shape index (κ3) is 2.86. The van der Waals surface area contributed by atoms with Gasteiger partial charge < -0.3 is 0 Å². The minimum Gasteiger partial charge on any atom is -0.287 e. The summed E-state index contributed by atoms with van der Waals surface area (Å²) in [5, 5.41) is 0.759. The van der Waals surface area contributed by atoms with Gasteiger partial charge in [0, 0.05) is 15.6 Å². The van der Waals surface area contributed by atoms with Crippen molar-refractivity contribution in [1.29, 1.82) is 0 Å². The number of thiophene rings is 1. The predicted molar refractivity (Wildman–Crippen MR) is 115 cm³/mol. The highest BCUT2D eigenvalue weighted by atomic mass is 32.1. The van der Waals surface area contributed by atoms with Crippen LogP contribution in [0.25, 0.3) is 26.0 Å². The van der Waals surface area contributed by atoms with Crippen LogP contribution in [-0.4, -0.2) is 9.13 Å². The van der Waals surface area contributed by atoms with Gasteiger partial charge in [-0.1, -0.05) is 36.4 Å². The minimum atomic E-state index is -0.606. The van der Waals surface area contributed by atoms with Gasteiger partial charge in [0.05, 0.1) is 17.7 Å². The number of hydrogen-bond donors (Lipinski definition) is 0. The van der Waals surface area contributed by atoms with E-state index in [1.54, 1.807) is 18.2 Å². The van der Waals surface area contributed by atoms with Crippen LogP contribution in [0.1, 0.15) is 5.56 Å². The van der Waals surface area contributed by atoms with Crippen LogP contribution in [0, 0.1) is 11.6 Å². The molecule has 7 heteroatoms. The molecule has 0 aliphatic heterocycles. The number of benzene rings is 3.